The first-order valence-electron chi connectivity index (χ1n) is 22.0. The fourth-order valence-electron chi connectivity index (χ4n) is 13.9. The van der Waals surface area contributed by atoms with Gasteiger partial charge in [0.05, 0.1) is 17.3 Å². The second-order valence-electron chi connectivity index (χ2n) is 22.5. The molecule has 1 heterocycles. The van der Waals surface area contributed by atoms with Crippen LogP contribution in [0.25, 0.3) is 0 Å². The van der Waals surface area contributed by atoms with Crippen molar-refractivity contribution in [3.05, 3.63) is 11.1 Å². The summed E-state index contributed by atoms with van der Waals surface area (Å²) < 4.78 is 11.8. The number of nitrogens with zero attached hydrogens (tertiary/aromatic N) is 1. The highest BCUT2D eigenvalue weighted by molar-refractivity contribution is 6.07. The van der Waals surface area contributed by atoms with E-state index in [1.807, 2.05) is 20.8 Å². The summed E-state index contributed by atoms with van der Waals surface area (Å²) in [4.78, 5) is 68.5. The Kier molecular flexibility index (Phi) is 10.9. The molecule has 9 nitrogen and oxygen atoms in total. The van der Waals surface area contributed by atoms with Crippen LogP contribution in [0, 0.1) is 62.1 Å². The third-order valence-electron chi connectivity index (χ3n) is 17.1. The first kappa shape index (κ1) is 42.9. The summed E-state index contributed by atoms with van der Waals surface area (Å²) in [6.45, 7) is 26.3. The lowest BCUT2D eigenvalue weighted by Crippen LogP contribution is -2.66. The second-order valence-corrected chi connectivity index (χ2v) is 22.5. The first-order chi connectivity index (χ1) is 25.7. The molecule has 0 aromatic heterocycles. The van der Waals surface area contributed by atoms with Gasteiger partial charge >= 0.3 is 18.0 Å². The number of rotatable bonds is 8. The number of carbonyl (C=O) groups is 5. The molecule has 0 spiro atoms. The number of hydrogen-bond acceptors (Lipinski definition) is 7. The van der Waals surface area contributed by atoms with Crippen molar-refractivity contribution in [1.29, 1.82) is 0 Å². The van der Waals surface area contributed by atoms with Crippen molar-refractivity contribution in [2.45, 2.75) is 178 Å². The molecule has 314 valence electrons. The monoisotopic (exact) mass is 780 g/mol. The molecular formula is C47H73NO8. The molecule has 0 aromatic rings. The number of carboxylic acid groups (broad SMARTS) is 1. The number of hydrogen-bond donors (Lipinski definition) is 1. The van der Waals surface area contributed by atoms with Gasteiger partial charge in [0.15, 0.2) is 5.78 Å². The van der Waals surface area contributed by atoms with E-state index in [9.17, 15) is 29.1 Å². The van der Waals surface area contributed by atoms with E-state index in [-0.39, 0.29) is 69.6 Å². The van der Waals surface area contributed by atoms with Gasteiger partial charge < -0.3 is 19.5 Å². The molecule has 8 atom stereocenters. The first-order valence-corrected chi connectivity index (χ1v) is 22.0. The number of esters is 1. The molecule has 4 saturated carbocycles. The average Bonchev–Trinajstić information content (AvgIpc) is 3.39. The van der Waals surface area contributed by atoms with E-state index >= 15 is 0 Å². The SMILES string of the molecule is CC(C)C1=C2[C@H]3CC[C@@H]4[C@@]5(C)CC[C@H](OC(=O)CC(C)(C)C(=O)O)C(C)(C)[C@@H]5CC[C@@]4(C)[C@]3(C)CC[C@@]2(C(=O)CC2CCN(C(=O)OC(C)(C)C)CC2)CC1=O. The fraction of sp³-hybridized carbons (Fsp3) is 0.851. The van der Waals surface area contributed by atoms with Crippen LogP contribution in [0.15, 0.2) is 11.1 Å². The van der Waals surface area contributed by atoms with Gasteiger partial charge in [0, 0.05) is 31.3 Å². The van der Waals surface area contributed by atoms with E-state index in [1.165, 1.54) is 5.57 Å². The standard InChI is InChI=1S/C47H73NO8/c1-28(2)37-31(49)26-47(34(50)25-29-17-23-48(24-18-29)40(54)56-41(3,4)5)22-21-45(11)30(38(37)47)13-14-33-44(10)19-16-35(55-36(51)27-42(6,7)39(52)53)43(8,9)32(44)15-20-46(33,45)12/h28-30,32-33,35H,13-27H2,1-12H3,(H,52,53)/t30-,32+,33-,35+,44+,45-,46-,47+/m1/s1. The molecule has 1 saturated heterocycles. The fourth-order valence-corrected chi connectivity index (χ4v) is 13.9. The number of aliphatic carboxylic acids is 1. The maximum absolute atomic E-state index is 14.9. The highest BCUT2D eigenvalue weighted by Gasteiger charge is 2.71. The molecule has 0 unspecified atom stereocenters. The van der Waals surface area contributed by atoms with Crippen molar-refractivity contribution in [2.24, 2.45) is 62.1 Å². The summed E-state index contributed by atoms with van der Waals surface area (Å²) in [6, 6.07) is 0. The molecule has 56 heavy (non-hydrogen) atoms. The molecule has 1 N–H and O–H groups in total. The lowest BCUT2D eigenvalue weighted by atomic mass is 9.33. The van der Waals surface area contributed by atoms with Crippen molar-refractivity contribution >= 4 is 29.6 Å². The molecule has 6 rings (SSSR count). The predicted octanol–water partition coefficient (Wildman–Crippen LogP) is 9.99. The molecule has 5 fully saturated rings. The summed E-state index contributed by atoms with van der Waals surface area (Å²) in [5, 5.41) is 9.63. The van der Waals surface area contributed by atoms with Crippen LogP contribution >= 0.6 is 0 Å². The maximum atomic E-state index is 14.9. The highest BCUT2D eigenvalue weighted by atomic mass is 16.6. The van der Waals surface area contributed by atoms with Crippen LogP contribution in [0.1, 0.15) is 167 Å². The van der Waals surface area contributed by atoms with Crippen molar-refractivity contribution in [3.63, 3.8) is 0 Å². The van der Waals surface area contributed by atoms with Crippen molar-refractivity contribution < 1.29 is 38.6 Å². The van der Waals surface area contributed by atoms with Crippen LogP contribution in [0.4, 0.5) is 4.79 Å². The topological polar surface area (TPSA) is 127 Å². The number of likely N-dealkylation sites (tertiary alicyclic amines) is 1. The normalized spacial score (nSPS) is 37.3. The number of piperidine rings is 1. The zero-order chi connectivity index (χ0) is 41.6. The van der Waals surface area contributed by atoms with Crippen LogP contribution in [0.3, 0.4) is 0 Å². The van der Waals surface area contributed by atoms with Gasteiger partial charge in [-0.25, -0.2) is 4.79 Å². The third kappa shape index (κ3) is 6.88. The number of carboxylic acids is 1. The number of Topliss-reactive ketones (excluding diaryl/α,β-unsaturated/α-hetero) is 2. The van der Waals surface area contributed by atoms with Gasteiger partial charge in [-0.15, -0.1) is 0 Å². The Bertz CT molecular complexity index is 1660. The highest BCUT2D eigenvalue weighted by Crippen LogP contribution is 2.77. The van der Waals surface area contributed by atoms with Gasteiger partial charge in [0.1, 0.15) is 17.5 Å². The van der Waals surface area contributed by atoms with Crippen LogP contribution in [-0.2, 0) is 28.7 Å². The van der Waals surface area contributed by atoms with Crippen molar-refractivity contribution in [3.8, 4) is 0 Å². The summed E-state index contributed by atoms with van der Waals surface area (Å²) in [5.74, 6) is 0.225. The Labute approximate surface area is 336 Å². The number of fused-ring (bicyclic) bond motifs is 7. The van der Waals surface area contributed by atoms with Crippen LogP contribution < -0.4 is 0 Å². The van der Waals surface area contributed by atoms with Crippen LogP contribution in [0.2, 0.25) is 0 Å². The summed E-state index contributed by atoms with van der Waals surface area (Å²) in [7, 11) is 0. The number of ketones is 2. The molecule has 0 radical (unpaired) electrons. The minimum Gasteiger partial charge on any atom is -0.481 e. The third-order valence-corrected chi connectivity index (χ3v) is 17.1. The largest absolute Gasteiger partial charge is 0.481 e. The van der Waals surface area contributed by atoms with Gasteiger partial charge in [-0.2, -0.15) is 0 Å². The molecular weight excluding hydrogens is 707 g/mol. The quantitative estimate of drug-likeness (QED) is 0.241. The Balaban J connectivity index is 1.23. The van der Waals surface area contributed by atoms with E-state index in [2.05, 4.69) is 48.5 Å². The van der Waals surface area contributed by atoms with Gasteiger partial charge in [-0.3, -0.25) is 19.2 Å². The van der Waals surface area contributed by atoms with Gasteiger partial charge in [0.25, 0.3) is 0 Å². The smallest absolute Gasteiger partial charge is 0.410 e. The van der Waals surface area contributed by atoms with Crippen molar-refractivity contribution in [2.75, 3.05) is 13.1 Å². The molecule has 0 aromatic carbocycles. The van der Waals surface area contributed by atoms with E-state index in [0.717, 1.165) is 69.8 Å². The molecule has 5 aliphatic carbocycles. The number of carbonyl (C=O) groups excluding carboxylic acids is 4. The Morgan fingerprint density at radius 1 is 0.821 bits per heavy atom. The molecule has 6 aliphatic rings. The predicted molar refractivity (Wildman–Crippen MR) is 215 cm³/mol. The summed E-state index contributed by atoms with van der Waals surface area (Å²) >= 11 is 0. The number of amides is 1. The second kappa shape index (κ2) is 14.2. The summed E-state index contributed by atoms with van der Waals surface area (Å²) in [6.07, 6.45) is 9.09. The van der Waals surface area contributed by atoms with Gasteiger partial charge in [-0.1, -0.05) is 48.5 Å². The van der Waals surface area contributed by atoms with E-state index in [1.54, 1.807) is 18.7 Å². The van der Waals surface area contributed by atoms with Crippen LogP contribution in [0.5, 0.6) is 0 Å². The molecule has 0 bridgehead atoms. The zero-order valence-electron chi connectivity index (χ0n) is 36.8. The number of allylic oxidation sites excluding steroid dienone is 2. The molecule has 1 aliphatic heterocycles. The Hall–Kier alpha value is -2.71. The molecule has 1 amide bonds. The van der Waals surface area contributed by atoms with E-state index in [0.29, 0.717) is 37.8 Å². The lowest BCUT2D eigenvalue weighted by molar-refractivity contribution is -0.233. The van der Waals surface area contributed by atoms with Crippen molar-refractivity contribution in [1.82, 2.24) is 4.90 Å². The lowest BCUT2D eigenvalue weighted by Gasteiger charge is -2.72. The van der Waals surface area contributed by atoms with Gasteiger partial charge in [-0.05, 0) is 156 Å². The minimum atomic E-state index is -1.18. The average molecular weight is 780 g/mol. The zero-order valence-corrected chi connectivity index (χ0v) is 36.8. The molecule has 9 heteroatoms. The Morgan fingerprint density at radius 2 is 1.46 bits per heavy atom. The summed E-state index contributed by atoms with van der Waals surface area (Å²) in [5.41, 5.74) is -0.590. The number of ether oxygens (including phenoxy) is 2. The Morgan fingerprint density at radius 3 is 2.05 bits per heavy atom. The minimum absolute atomic E-state index is 0.0106. The van der Waals surface area contributed by atoms with Gasteiger partial charge in [0.2, 0.25) is 0 Å². The van der Waals surface area contributed by atoms with E-state index < -0.39 is 28.4 Å². The van der Waals surface area contributed by atoms with E-state index in [4.69, 9.17) is 9.47 Å². The maximum Gasteiger partial charge on any atom is 0.410 e. The van der Waals surface area contributed by atoms with Crippen LogP contribution in [-0.4, -0.2) is 64.4 Å².